The van der Waals surface area contributed by atoms with Gasteiger partial charge in [0, 0.05) is 28.3 Å². The van der Waals surface area contributed by atoms with E-state index in [1.54, 1.807) is 18.2 Å². The zero-order valence-corrected chi connectivity index (χ0v) is 9.22. The molecule has 0 aliphatic heterocycles. The van der Waals surface area contributed by atoms with E-state index in [9.17, 15) is 0 Å². The van der Waals surface area contributed by atoms with Gasteiger partial charge in [-0.1, -0.05) is 29.3 Å². The Morgan fingerprint density at radius 2 is 1.86 bits per heavy atom. The second-order valence-electron chi connectivity index (χ2n) is 3.11. The van der Waals surface area contributed by atoms with E-state index in [2.05, 4.69) is 0 Å². The summed E-state index contributed by atoms with van der Waals surface area (Å²) in [4.78, 5) is 0. The number of hydrogen-bond donors (Lipinski definition) is 2. The van der Waals surface area contributed by atoms with Crippen molar-refractivity contribution in [2.45, 2.75) is 18.9 Å². The van der Waals surface area contributed by atoms with Gasteiger partial charge in [-0.15, -0.1) is 0 Å². The summed E-state index contributed by atoms with van der Waals surface area (Å²) in [5.41, 5.74) is 6.67. The van der Waals surface area contributed by atoms with Crippen LogP contribution in [0.3, 0.4) is 0 Å². The molecule has 0 spiro atoms. The molecular formula is C10H13Cl2NO. The predicted octanol–water partition coefficient (Wildman–Crippen LogP) is 2.77. The first-order valence-electron chi connectivity index (χ1n) is 4.47. The van der Waals surface area contributed by atoms with Crippen LogP contribution < -0.4 is 5.73 Å². The minimum Gasteiger partial charge on any atom is -0.396 e. The Kier molecular flexibility index (Phi) is 4.69. The second kappa shape index (κ2) is 5.56. The summed E-state index contributed by atoms with van der Waals surface area (Å²) >= 11 is 12.0. The molecule has 3 N–H and O–H groups in total. The zero-order chi connectivity index (χ0) is 10.6. The molecule has 0 saturated carbocycles. The van der Waals surface area contributed by atoms with E-state index >= 15 is 0 Å². The molecule has 14 heavy (non-hydrogen) atoms. The third-order valence-electron chi connectivity index (χ3n) is 2.04. The molecule has 1 rings (SSSR count). The molecule has 4 heteroatoms. The summed E-state index contributed by atoms with van der Waals surface area (Å²) < 4.78 is 0. The van der Waals surface area contributed by atoms with Crippen LogP contribution in [0.5, 0.6) is 0 Å². The summed E-state index contributed by atoms with van der Waals surface area (Å²) in [6.45, 7) is 0.135. The van der Waals surface area contributed by atoms with Gasteiger partial charge >= 0.3 is 0 Å². The third-order valence-corrected chi connectivity index (χ3v) is 2.70. The molecule has 1 aromatic carbocycles. The summed E-state index contributed by atoms with van der Waals surface area (Å²) in [7, 11) is 0. The van der Waals surface area contributed by atoms with Crippen molar-refractivity contribution >= 4 is 23.2 Å². The van der Waals surface area contributed by atoms with E-state index < -0.39 is 0 Å². The van der Waals surface area contributed by atoms with Gasteiger partial charge in [0.2, 0.25) is 0 Å². The fraction of sp³-hybridized carbons (Fsp3) is 0.400. The second-order valence-corrected chi connectivity index (χ2v) is 3.92. The standard InChI is InChI=1S/C10H13Cl2NO/c11-7-3-1-4-8(12)10(7)9(13)5-2-6-14/h1,3-4,9,14H,2,5-6,13H2/t9-/m1/s1. The maximum absolute atomic E-state index is 8.68. The van der Waals surface area contributed by atoms with Crippen molar-refractivity contribution in [3.05, 3.63) is 33.8 Å². The molecule has 0 bridgehead atoms. The van der Waals surface area contributed by atoms with Gasteiger partial charge in [-0.25, -0.2) is 0 Å². The molecule has 0 amide bonds. The predicted molar refractivity (Wildman–Crippen MR) is 59.7 cm³/mol. The molecule has 2 nitrogen and oxygen atoms in total. The Balaban J connectivity index is 2.82. The van der Waals surface area contributed by atoms with Crippen LogP contribution in [0.2, 0.25) is 10.0 Å². The van der Waals surface area contributed by atoms with Crippen LogP contribution >= 0.6 is 23.2 Å². The molecule has 0 aliphatic carbocycles. The van der Waals surface area contributed by atoms with Crippen LogP contribution in [0.1, 0.15) is 24.4 Å². The lowest BCUT2D eigenvalue weighted by Crippen LogP contribution is -2.12. The number of rotatable bonds is 4. The van der Waals surface area contributed by atoms with Gasteiger partial charge in [0.15, 0.2) is 0 Å². The lowest BCUT2D eigenvalue weighted by atomic mass is 10.0. The van der Waals surface area contributed by atoms with Crippen molar-refractivity contribution in [1.82, 2.24) is 0 Å². The SMILES string of the molecule is N[C@H](CCCO)c1c(Cl)cccc1Cl. The molecule has 1 aromatic rings. The highest BCUT2D eigenvalue weighted by atomic mass is 35.5. The number of aliphatic hydroxyl groups is 1. The fourth-order valence-corrected chi connectivity index (χ4v) is 2.00. The zero-order valence-electron chi connectivity index (χ0n) is 7.71. The highest BCUT2D eigenvalue weighted by Crippen LogP contribution is 2.30. The first-order valence-corrected chi connectivity index (χ1v) is 5.22. The molecule has 0 aliphatic rings. The van der Waals surface area contributed by atoms with Gasteiger partial charge in [-0.05, 0) is 25.0 Å². The van der Waals surface area contributed by atoms with Gasteiger partial charge in [0.1, 0.15) is 0 Å². The van der Waals surface area contributed by atoms with Crippen molar-refractivity contribution in [2.24, 2.45) is 5.73 Å². The largest absolute Gasteiger partial charge is 0.396 e. The quantitative estimate of drug-likeness (QED) is 0.841. The maximum atomic E-state index is 8.68. The van der Waals surface area contributed by atoms with Crippen molar-refractivity contribution in [3.8, 4) is 0 Å². The van der Waals surface area contributed by atoms with Crippen molar-refractivity contribution < 1.29 is 5.11 Å². The Morgan fingerprint density at radius 3 is 2.36 bits per heavy atom. The first kappa shape index (κ1) is 11.8. The minimum absolute atomic E-state index is 0.135. The number of nitrogens with two attached hydrogens (primary N) is 1. The molecule has 0 radical (unpaired) electrons. The fourth-order valence-electron chi connectivity index (χ4n) is 1.32. The van der Waals surface area contributed by atoms with Gasteiger partial charge < -0.3 is 10.8 Å². The number of aliphatic hydroxyl groups excluding tert-OH is 1. The van der Waals surface area contributed by atoms with Gasteiger partial charge in [0.05, 0.1) is 0 Å². The third kappa shape index (κ3) is 2.85. The van der Waals surface area contributed by atoms with Crippen molar-refractivity contribution in [3.63, 3.8) is 0 Å². The monoisotopic (exact) mass is 233 g/mol. The lowest BCUT2D eigenvalue weighted by molar-refractivity contribution is 0.280. The number of hydrogen-bond acceptors (Lipinski definition) is 2. The minimum atomic E-state index is -0.205. The number of halogens is 2. The van der Waals surface area contributed by atoms with Gasteiger partial charge in [-0.2, -0.15) is 0 Å². The van der Waals surface area contributed by atoms with Crippen LogP contribution in [0.4, 0.5) is 0 Å². The van der Waals surface area contributed by atoms with E-state index in [4.69, 9.17) is 34.0 Å². The van der Waals surface area contributed by atoms with Crippen LogP contribution in [0.15, 0.2) is 18.2 Å². The summed E-state index contributed by atoms with van der Waals surface area (Å²) in [6, 6.07) is 5.11. The summed E-state index contributed by atoms with van der Waals surface area (Å²) in [5, 5.41) is 9.85. The Labute approximate surface area is 93.6 Å². The Bertz CT molecular complexity index is 284. The molecule has 0 aromatic heterocycles. The summed E-state index contributed by atoms with van der Waals surface area (Å²) in [6.07, 6.45) is 1.34. The Morgan fingerprint density at radius 1 is 1.29 bits per heavy atom. The van der Waals surface area contributed by atoms with Crippen molar-refractivity contribution in [2.75, 3.05) is 6.61 Å². The van der Waals surface area contributed by atoms with E-state index in [-0.39, 0.29) is 12.6 Å². The maximum Gasteiger partial charge on any atom is 0.0468 e. The summed E-state index contributed by atoms with van der Waals surface area (Å²) in [5.74, 6) is 0. The molecule has 0 unspecified atom stereocenters. The van der Waals surface area contributed by atoms with Gasteiger partial charge in [0.25, 0.3) is 0 Å². The van der Waals surface area contributed by atoms with Gasteiger partial charge in [-0.3, -0.25) is 0 Å². The van der Waals surface area contributed by atoms with E-state index in [0.29, 0.717) is 22.9 Å². The normalized spacial score (nSPS) is 12.9. The number of benzene rings is 1. The van der Waals surface area contributed by atoms with Crippen molar-refractivity contribution in [1.29, 1.82) is 0 Å². The van der Waals surface area contributed by atoms with Crippen LogP contribution in [0.25, 0.3) is 0 Å². The average molecular weight is 234 g/mol. The topological polar surface area (TPSA) is 46.2 Å². The van der Waals surface area contributed by atoms with Crippen LogP contribution in [0, 0.1) is 0 Å². The highest BCUT2D eigenvalue weighted by molar-refractivity contribution is 6.36. The smallest absolute Gasteiger partial charge is 0.0468 e. The van der Waals surface area contributed by atoms with E-state index in [0.717, 1.165) is 5.56 Å². The average Bonchev–Trinajstić information content (AvgIpc) is 2.14. The molecule has 0 saturated heterocycles. The molecule has 78 valence electrons. The van der Waals surface area contributed by atoms with Crippen LogP contribution in [-0.2, 0) is 0 Å². The van der Waals surface area contributed by atoms with E-state index in [1.165, 1.54) is 0 Å². The molecule has 1 atom stereocenters. The molecule has 0 fully saturated rings. The van der Waals surface area contributed by atoms with E-state index in [1.807, 2.05) is 0 Å². The molecular weight excluding hydrogens is 221 g/mol. The van der Waals surface area contributed by atoms with Crippen LogP contribution in [-0.4, -0.2) is 11.7 Å². The molecule has 0 heterocycles. The lowest BCUT2D eigenvalue weighted by Gasteiger charge is -2.14. The highest BCUT2D eigenvalue weighted by Gasteiger charge is 2.13. The Hall–Kier alpha value is -0.280. The first-order chi connectivity index (χ1) is 6.66.